The number of anilines is 1. The van der Waals surface area contributed by atoms with Crippen LogP contribution >= 0.6 is 11.3 Å². The van der Waals surface area contributed by atoms with Gasteiger partial charge in [-0.25, -0.2) is 9.78 Å². The molecule has 0 aliphatic heterocycles. The van der Waals surface area contributed by atoms with Crippen molar-refractivity contribution in [2.45, 2.75) is 19.8 Å². The Morgan fingerprint density at radius 1 is 1.40 bits per heavy atom. The molecule has 0 spiro atoms. The highest BCUT2D eigenvalue weighted by atomic mass is 32.1. The number of esters is 1. The second-order valence-electron chi connectivity index (χ2n) is 4.05. The van der Waals surface area contributed by atoms with Crippen molar-refractivity contribution < 1.29 is 9.53 Å². The van der Waals surface area contributed by atoms with E-state index in [1.165, 1.54) is 12.0 Å². The molecule has 0 saturated heterocycles. The minimum Gasteiger partial charge on any atom is -0.464 e. The number of hydrogen-bond acceptors (Lipinski definition) is 7. The lowest BCUT2D eigenvalue weighted by Gasteiger charge is -2.03. The Labute approximate surface area is 121 Å². The molecule has 2 heterocycles. The summed E-state index contributed by atoms with van der Waals surface area (Å²) in [7, 11) is 1.31. The molecule has 0 fully saturated rings. The number of nitrogens with zero attached hydrogens (tertiary/aromatic N) is 3. The molecule has 0 aromatic carbocycles. The highest BCUT2D eigenvalue weighted by Crippen LogP contribution is 2.14. The van der Waals surface area contributed by atoms with Crippen molar-refractivity contribution in [1.29, 1.82) is 0 Å². The molecular weight excluding hydrogens is 276 g/mol. The van der Waals surface area contributed by atoms with E-state index < -0.39 is 5.97 Å². The van der Waals surface area contributed by atoms with Crippen molar-refractivity contribution in [1.82, 2.24) is 15.2 Å². The normalized spacial score (nSPS) is 10.3. The third kappa shape index (κ3) is 3.74. The molecular formula is C13H16N4O2S. The number of nitrogens with one attached hydrogen (secondary N) is 1. The zero-order valence-corrected chi connectivity index (χ0v) is 12.2. The van der Waals surface area contributed by atoms with Crippen LogP contribution in [-0.4, -0.2) is 34.8 Å². The molecule has 0 radical (unpaired) electrons. The van der Waals surface area contributed by atoms with Crippen LogP contribution < -0.4 is 5.32 Å². The summed E-state index contributed by atoms with van der Waals surface area (Å²) in [6.07, 6.45) is 3.78. The molecule has 106 valence electrons. The number of aryl methyl sites for hydroxylation is 1. The van der Waals surface area contributed by atoms with Gasteiger partial charge in [0.15, 0.2) is 5.69 Å². The van der Waals surface area contributed by atoms with Gasteiger partial charge in [-0.3, -0.25) is 0 Å². The van der Waals surface area contributed by atoms with Crippen LogP contribution in [-0.2, 0) is 17.6 Å². The molecule has 6 nitrogen and oxygen atoms in total. The molecule has 0 amide bonds. The van der Waals surface area contributed by atoms with E-state index in [9.17, 15) is 4.79 Å². The average molecular weight is 292 g/mol. The van der Waals surface area contributed by atoms with Crippen molar-refractivity contribution in [2.75, 3.05) is 19.0 Å². The van der Waals surface area contributed by atoms with E-state index in [0.717, 1.165) is 24.4 Å². The number of hydrogen-bond donors (Lipinski definition) is 1. The predicted molar refractivity (Wildman–Crippen MR) is 77.1 cm³/mol. The summed E-state index contributed by atoms with van der Waals surface area (Å²) in [5.41, 5.74) is 0.200. The number of carbonyl (C=O) groups excluding carboxylic acids is 1. The van der Waals surface area contributed by atoms with Crippen molar-refractivity contribution in [3.05, 3.63) is 33.9 Å². The molecule has 2 aromatic rings. The standard InChI is InChI=1S/C13H16N4O2S/c1-3-9-8-15-12(20-9)6-7-14-11-5-4-10(16-17-11)13(18)19-2/h4-5,8H,3,6-7H2,1-2H3,(H,14,17). The van der Waals surface area contributed by atoms with E-state index in [0.29, 0.717) is 5.82 Å². The largest absolute Gasteiger partial charge is 0.464 e. The van der Waals surface area contributed by atoms with Gasteiger partial charge in [0, 0.05) is 24.0 Å². The van der Waals surface area contributed by atoms with Gasteiger partial charge in [0.2, 0.25) is 0 Å². The summed E-state index contributed by atoms with van der Waals surface area (Å²) in [4.78, 5) is 16.8. The van der Waals surface area contributed by atoms with Gasteiger partial charge in [-0.15, -0.1) is 21.5 Å². The lowest BCUT2D eigenvalue weighted by Crippen LogP contribution is -2.09. The Balaban J connectivity index is 1.83. The SMILES string of the molecule is CCc1cnc(CCNc2ccc(C(=O)OC)nn2)s1. The van der Waals surface area contributed by atoms with Gasteiger partial charge in [-0.05, 0) is 18.6 Å². The highest BCUT2D eigenvalue weighted by Gasteiger charge is 2.07. The smallest absolute Gasteiger partial charge is 0.358 e. The molecule has 0 atom stereocenters. The van der Waals surface area contributed by atoms with Crippen LogP contribution in [0.3, 0.4) is 0 Å². The zero-order valence-electron chi connectivity index (χ0n) is 11.4. The Hall–Kier alpha value is -2.02. The maximum atomic E-state index is 11.2. The third-order valence-electron chi connectivity index (χ3n) is 2.65. The minimum atomic E-state index is -0.487. The third-order valence-corrected chi connectivity index (χ3v) is 3.86. The maximum absolute atomic E-state index is 11.2. The molecule has 0 saturated carbocycles. The van der Waals surface area contributed by atoms with Crippen LogP contribution in [0.4, 0.5) is 5.82 Å². The van der Waals surface area contributed by atoms with Crippen molar-refractivity contribution in [3.8, 4) is 0 Å². The van der Waals surface area contributed by atoms with Gasteiger partial charge in [0.25, 0.3) is 0 Å². The van der Waals surface area contributed by atoms with E-state index in [1.54, 1.807) is 23.5 Å². The van der Waals surface area contributed by atoms with E-state index in [-0.39, 0.29) is 5.69 Å². The number of aromatic nitrogens is 3. The van der Waals surface area contributed by atoms with Crippen molar-refractivity contribution >= 4 is 23.1 Å². The molecule has 2 rings (SSSR count). The van der Waals surface area contributed by atoms with Gasteiger partial charge in [-0.1, -0.05) is 6.92 Å². The molecule has 0 aliphatic carbocycles. The van der Waals surface area contributed by atoms with Crippen LogP contribution in [0.5, 0.6) is 0 Å². The fourth-order valence-corrected chi connectivity index (χ4v) is 2.43. The van der Waals surface area contributed by atoms with Crippen LogP contribution in [0.2, 0.25) is 0 Å². The monoisotopic (exact) mass is 292 g/mol. The van der Waals surface area contributed by atoms with Gasteiger partial charge in [0.05, 0.1) is 12.1 Å². The Bertz CT molecular complexity index is 568. The fourth-order valence-electron chi connectivity index (χ4n) is 1.56. The molecule has 7 heteroatoms. The first kappa shape index (κ1) is 14.4. The van der Waals surface area contributed by atoms with Crippen molar-refractivity contribution in [3.63, 3.8) is 0 Å². The van der Waals surface area contributed by atoms with E-state index >= 15 is 0 Å². The summed E-state index contributed by atoms with van der Waals surface area (Å²) >= 11 is 1.73. The zero-order chi connectivity index (χ0) is 14.4. The van der Waals surface area contributed by atoms with Gasteiger partial charge in [-0.2, -0.15) is 0 Å². The first-order valence-corrected chi connectivity index (χ1v) is 7.14. The Kier molecular flexibility index (Phi) is 5.00. The minimum absolute atomic E-state index is 0.200. The first-order chi connectivity index (χ1) is 9.72. The van der Waals surface area contributed by atoms with Gasteiger partial charge < -0.3 is 10.1 Å². The quantitative estimate of drug-likeness (QED) is 0.820. The summed E-state index contributed by atoms with van der Waals surface area (Å²) in [5.74, 6) is 0.142. The number of carbonyl (C=O) groups is 1. The molecule has 20 heavy (non-hydrogen) atoms. The van der Waals surface area contributed by atoms with Crippen LogP contribution in [0.25, 0.3) is 0 Å². The van der Waals surface area contributed by atoms with Crippen LogP contribution in [0, 0.1) is 0 Å². The van der Waals surface area contributed by atoms with E-state index in [2.05, 4.69) is 32.2 Å². The molecule has 2 aromatic heterocycles. The first-order valence-electron chi connectivity index (χ1n) is 6.32. The van der Waals surface area contributed by atoms with Gasteiger partial charge in [0.1, 0.15) is 5.82 Å². The Morgan fingerprint density at radius 3 is 2.85 bits per heavy atom. The average Bonchev–Trinajstić information content (AvgIpc) is 2.95. The summed E-state index contributed by atoms with van der Waals surface area (Å²) < 4.78 is 4.56. The molecule has 0 unspecified atom stereocenters. The van der Waals surface area contributed by atoms with Crippen LogP contribution in [0.1, 0.15) is 27.3 Å². The topological polar surface area (TPSA) is 77.0 Å². The number of methoxy groups -OCH3 is 1. The number of rotatable bonds is 6. The molecule has 0 bridgehead atoms. The summed E-state index contributed by atoms with van der Waals surface area (Å²) in [6, 6.07) is 3.29. The lowest BCUT2D eigenvalue weighted by atomic mass is 10.4. The molecule has 0 aliphatic rings. The second-order valence-corrected chi connectivity index (χ2v) is 5.25. The predicted octanol–water partition coefficient (Wildman–Crippen LogP) is 1.94. The van der Waals surface area contributed by atoms with Gasteiger partial charge >= 0.3 is 5.97 Å². The van der Waals surface area contributed by atoms with Crippen molar-refractivity contribution in [2.24, 2.45) is 0 Å². The highest BCUT2D eigenvalue weighted by molar-refractivity contribution is 7.11. The van der Waals surface area contributed by atoms with Crippen LogP contribution in [0.15, 0.2) is 18.3 Å². The summed E-state index contributed by atoms with van der Waals surface area (Å²) in [6.45, 7) is 2.84. The number of ether oxygens (including phenoxy) is 1. The van der Waals surface area contributed by atoms with E-state index in [4.69, 9.17) is 0 Å². The maximum Gasteiger partial charge on any atom is 0.358 e. The second kappa shape index (κ2) is 6.95. The molecule has 1 N–H and O–H groups in total. The fraction of sp³-hybridized carbons (Fsp3) is 0.385. The Morgan fingerprint density at radius 2 is 2.25 bits per heavy atom. The van der Waals surface area contributed by atoms with E-state index in [1.807, 2.05) is 6.20 Å². The summed E-state index contributed by atoms with van der Waals surface area (Å²) in [5, 5.41) is 12.0. The lowest BCUT2D eigenvalue weighted by molar-refractivity contribution is 0.0593. The number of thiazole rings is 1.